The molecule has 88 valence electrons. The van der Waals surface area contributed by atoms with Crippen molar-refractivity contribution in [3.8, 4) is 0 Å². The van der Waals surface area contributed by atoms with Gasteiger partial charge in [0, 0.05) is 0 Å². The maximum absolute atomic E-state index is 4.56. The van der Waals surface area contributed by atoms with E-state index in [0.29, 0.717) is 12.1 Å². The molecule has 0 radical (unpaired) electrons. The van der Waals surface area contributed by atoms with Crippen LogP contribution in [0.15, 0.2) is 30.3 Å². The molecular weight excluding hydrogens is 203 g/mol. The Hall–Kier alpha value is -0.263. The van der Waals surface area contributed by atoms with Gasteiger partial charge in [0.25, 0.3) is 0 Å². The summed E-state index contributed by atoms with van der Waals surface area (Å²) in [5.74, 6) is 0. The molecular formula is C14H21LiN2. The molecule has 0 aromatic heterocycles. The Kier molecular flexibility index (Phi) is 6.30. The number of hydrogen-bond donors (Lipinski definition) is 0. The second-order valence-corrected chi connectivity index (χ2v) is 4.60. The number of benzene rings is 1. The van der Waals surface area contributed by atoms with E-state index in [4.69, 9.17) is 0 Å². The number of rotatable bonds is 4. The van der Waals surface area contributed by atoms with E-state index in [2.05, 4.69) is 47.5 Å². The molecule has 0 spiro atoms. The summed E-state index contributed by atoms with van der Waals surface area (Å²) >= 11 is 0. The van der Waals surface area contributed by atoms with Crippen LogP contribution in [0.2, 0.25) is 0 Å². The predicted molar refractivity (Wildman–Crippen MR) is 68.7 cm³/mol. The largest absolute Gasteiger partial charge is 1.00 e. The number of hydrogen-bond acceptors (Lipinski definition) is 1. The summed E-state index contributed by atoms with van der Waals surface area (Å²) in [6.45, 7) is 4.77. The van der Waals surface area contributed by atoms with Crippen LogP contribution < -0.4 is 18.9 Å². The van der Waals surface area contributed by atoms with Gasteiger partial charge in [-0.3, -0.25) is 0 Å². The summed E-state index contributed by atoms with van der Waals surface area (Å²) in [5, 5.41) is 4.56. The zero-order valence-corrected chi connectivity index (χ0v) is 11.3. The van der Waals surface area contributed by atoms with Gasteiger partial charge < -0.3 is 10.2 Å². The second-order valence-electron chi connectivity index (χ2n) is 4.60. The summed E-state index contributed by atoms with van der Waals surface area (Å²) in [6.07, 6.45) is 2.69. The molecule has 0 unspecified atom stereocenters. The van der Waals surface area contributed by atoms with Crippen molar-refractivity contribution in [2.45, 2.75) is 31.8 Å². The van der Waals surface area contributed by atoms with Crippen LogP contribution in [0.4, 0.5) is 0 Å². The number of likely N-dealkylation sites (N-methyl/N-ethyl adjacent to an activating group) is 1. The Bertz CT molecular complexity index is 309. The van der Waals surface area contributed by atoms with Gasteiger partial charge in [-0.25, -0.2) is 0 Å². The average Bonchev–Trinajstić information content (AvgIpc) is 2.85. The van der Waals surface area contributed by atoms with E-state index in [1.807, 2.05) is 7.05 Å². The SMILES string of the molecule is C[N-][C@H](c1ccccc1)[C@H](C)N1CCCC1.[Li+]. The van der Waals surface area contributed by atoms with E-state index >= 15 is 0 Å². The molecule has 1 aliphatic rings. The summed E-state index contributed by atoms with van der Waals surface area (Å²) in [5.41, 5.74) is 1.34. The molecule has 0 N–H and O–H groups in total. The average molecular weight is 224 g/mol. The van der Waals surface area contributed by atoms with Gasteiger partial charge in [0.2, 0.25) is 0 Å². The first kappa shape index (κ1) is 14.8. The van der Waals surface area contributed by atoms with E-state index in [1.54, 1.807) is 0 Å². The molecule has 0 amide bonds. The van der Waals surface area contributed by atoms with E-state index < -0.39 is 0 Å². The molecule has 2 nitrogen and oxygen atoms in total. The van der Waals surface area contributed by atoms with Crippen LogP contribution >= 0.6 is 0 Å². The van der Waals surface area contributed by atoms with Gasteiger partial charge in [0.1, 0.15) is 0 Å². The molecule has 3 heteroatoms. The van der Waals surface area contributed by atoms with Gasteiger partial charge in [-0.2, -0.15) is 7.05 Å². The Labute approximate surface area is 117 Å². The number of nitrogens with zero attached hydrogens (tertiary/aromatic N) is 2. The Morgan fingerprint density at radius 1 is 1.12 bits per heavy atom. The molecule has 1 aliphatic heterocycles. The van der Waals surface area contributed by atoms with Crippen LogP contribution in [-0.4, -0.2) is 31.1 Å². The second kappa shape index (κ2) is 7.23. The molecule has 1 aromatic rings. The first-order valence-electron chi connectivity index (χ1n) is 6.21. The Morgan fingerprint density at radius 2 is 1.71 bits per heavy atom. The molecule has 1 heterocycles. The fraction of sp³-hybridized carbons (Fsp3) is 0.571. The molecule has 1 aromatic carbocycles. The quantitative estimate of drug-likeness (QED) is 0.669. The summed E-state index contributed by atoms with van der Waals surface area (Å²) in [4.78, 5) is 2.56. The fourth-order valence-electron chi connectivity index (χ4n) is 2.64. The molecule has 0 saturated carbocycles. The van der Waals surface area contributed by atoms with Crippen LogP contribution in [-0.2, 0) is 0 Å². The van der Waals surface area contributed by atoms with Crippen molar-refractivity contribution >= 4 is 0 Å². The maximum atomic E-state index is 4.56. The van der Waals surface area contributed by atoms with Gasteiger partial charge in [0.05, 0.1) is 0 Å². The van der Waals surface area contributed by atoms with Crippen LogP contribution in [0.3, 0.4) is 0 Å². The van der Waals surface area contributed by atoms with E-state index in [0.717, 1.165) is 0 Å². The minimum atomic E-state index is 0. The van der Waals surface area contributed by atoms with Crippen molar-refractivity contribution < 1.29 is 18.9 Å². The predicted octanol–water partition coefficient (Wildman–Crippen LogP) is 0.220. The molecule has 2 rings (SSSR count). The van der Waals surface area contributed by atoms with Crippen molar-refractivity contribution in [1.82, 2.24) is 4.90 Å². The normalized spacial score (nSPS) is 19.6. The summed E-state index contributed by atoms with van der Waals surface area (Å²) in [7, 11) is 1.93. The van der Waals surface area contributed by atoms with Gasteiger partial charge in [0.15, 0.2) is 0 Å². The third kappa shape index (κ3) is 3.60. The van der Waals surface area contributed by atoms with Gasteiger partial charge in [-0.05, 0) is 32.0 Å². The standard InChI is InChI=1S/C14H21N2.Li/c1-12(16-10-6-7-11-16)14(15-2)13-8-4-3-5-9-13;/h3-5,8-9,12,14H,6-7,10-11H2,1-2H3;/q-1;+1/t12-,14-;/m0./s1. The van der Waals surface area contributed by atoms with Crippen molar-refractivity contribution in [2.75, 3.05) is 20.1 Å². The monoisotopic (exact) mass is 224 g/mol. The Balaban J connectivity index is 0.00000144. The van der Waals surface area contributed by atoms with Crippen LogP contribution in [0.1, 0.15) is 31.4 Å². The van der Waals surface area contributed by atoms with E-state index in [9.17, 15) is 0 Å². The van der Waals surface area contributed by atoms with E-state index in [1.165, 1.54) is 31.5 Å². The van der Waals surface area contributed by atoms with Gasteiger partial charge in [-0.15, -0.1) is 0 Å². The van der Waals surface area contributed by atoms with Crippen molar-refractivity contribution in [3.63, 3.8) is 0 Å². The molecule has 1 saturated heterocycles. The fourth-order valence-corrected chi connectivity index (χ4v) is 2.64. The maximum Gasteiger partial charge on any atom is 1.00 e. The third-order valence-corrected chi connectivity index (χ3v) is 3.59. The van der Waals surface area contributed by atoms with Crippen molar-refractivity contribution in [3.05, 3.63) is 41.2 Å². The summed E-state index contributed by atoms with van der Waals surface area (Å²) in [6, 6.07) is 11.5. The van der Waals surface area contributed by atoms with Crippen LogP contribution in [0.5, 0.6) is 0 Å². The zero-order chi connectivity index (χ0) is 11.4. The molecule has 0 aliphatic carbocycles. The molecule has 0 bridgehead atoms. The first-order valence-corrected chi connectivity index (χ1v) is 6.21. The third-order valence-electron chi connectivity index (χ3n) is 3.59. The molecule has 17 heavy (non-hydrogen) atoms. The van der Waals surface area contributed by atoms with Crippen molar-refractivity contribution in [2.24, 2.45) is 0 Å². The van der Waals surface area contributed by atoms with Crippen molar-refractivity contribution in [1.29, 1.82) is 0 Å². The smallest absolute Gasteiger partial charge is 0.657 e. The first-order chi connectivity index (χ1) is 7.83. The van der Waals surface area contributed by atoms with Crippen LogP contribution in [0.25, 0.3) is 5.32 Å². The van der Waals surface area contributed by atoms with Crippen LogP contribution in [0, 0.1) is 0 Å². The molecule has 2 atom stereocenters. The Morgan fingerprint density at radius 3 is 2.24 bits per heavy atom. The van der Waals surface area contributed by atoms with Gasteiger partial charge in [-0.1, -0.05) is 48.9 Å². The summed E-state index contributed by atoms with van der Waals surface area (Å²) < 4.78 is 0. The number of likely N-dealkylation sites (tertiary alicyclic amines) is 1. The van der Waals surface area contributed by atoms with Gasteiger partial charge >= 0.3 is 18.9 Å². The zero-order valence-electron chi connectivity index (χ0n) is 11.3. The minimum absolute atomic E-state index is 0. The minimum Gasteiger partial charge on any atom is -0.657 e. The van der Waals surface area contributed by atoms with E-state index in [-0.39, 0.29) is 18.9 Å². The molecule has 1 fully saturated rings. The topological polar surface area (TPSA) is 17.3 Å².